The number of carbonyl (C=O) groups is 1. The van der Waals surface area contributed by atoms with Gasteiger partial charge in [-0.1, -0.05) is 23.9 Å². The van der Waals surface area contributed by atoms with Crippen molar-refractivity contribution in [1.82, 2.24) is 4.90 Å². The van der Waals surface area contributed by atoms with E-state index in [1.165, 1.54) is 10.6 Å². The fraction of sp³-hybridized carbons (Fsp3) is 0.417. The minimum Gasteiger partial charge on any atom is -0.450 e. The van der Waals surface area contributed by atoms with Crippen molar-refractivity contribution in [2.75, 3.05) is 24.6 Å². The highest BCUT2D eigenvalue weighted by Gasteiger charge is 2.42. The number of anilines is 1. The number of amides is 1. The number of benzene rings is 1. The quantitative estimate of drug-likeness (QED) is 0.766. The van der Waals surface area contributed by atoms with E-state index in [1.807, 2.05) is 19.1 Å². The molecule has 5 heteroatoms. The molecule has 1 amide bonds. The van der Waals surface area contributed by atoms with Crippen molar-refractivity contribution in [1.29, 1.82) is 0 Å². The van der Waals surface area contributed by atoms with Crippen molar-refractivity contribution < 1.29 is 9.53 Å². The van der Waals surface area contributed by atoms with Crippen LogP contribution in [0.4, 0.5) is 10.5 Å². The van der Waals surface area contributed by atoms with E-state index >= 15 is 0 Å². The summed E-state index contributed by atoms with van der Waals surface area (Å²) < 4.78 is 5.08. The van der Waals surface area contributed by atoms with E-state index in [4.69, 9.17) is 4.74 Å². The summed E-state index contributed by atoms with van der Waals surface area (Å²) in [6.45, 7) is 3.89. The minimum absolute atomic E-state index is 0.0754. The number of hydrogen-bond donors (Lipinski definition) is 0. The van der Waals surface area contributed by atoms with Gasteiger partial charge in [-0.25, -0.2) is 4.79 Å². The number of fused-ring (bicyclic) bond motifs is 3. The molecule has 0 bridgehead atoms. The first-order chi connectivity index (χ1) is 8.31. The number of hydrogen-bond acceptors (Lipinski definition) is 4. The van der Waals surface area contributed by atoms with Gasteiger partial charge >= 0.3 is 6.09 Å². The SMILES string of the molecule is CCOC(=O)N1CCN2c3ccccc3SC12. The van der Waals surface area contributed by atoms with Crippen molar-refractivity contribution >= 4 is 23.5 Å². The minimum atomic E-state index is -0.208. The first-order valence-electron chi connectivity index (χ1n) is 5.77. The van der Waals surface area contributed by atoms with Gasteiger partial charge in [0.2, 0.25) is 0 Å². The molecular formula is C12H14N2O2S. The largest absolute Gasteiger partial charge is 0.450 e. The van der Waals surface area contributed by atoms with Crippen LogP contribution in [0, 0.1) is 0 Å². The van der Waals surface area contributed by atoms with Gasteiger partial charge in [0, 0.05) is 18.0 Å². The Bertz CT molecular complexity index is 452. The molecule has 90 valence electrons. The van der Waals surface area contributed by atoms with Gasteiger partial charge in [-0.3, -0.25) is 4.90 Å². The normalized spacial score (nSPS) is 21.4. The number of carbonyl (C=O) groups excluding carboxylic acids is 1. The van der Waals surface area contributed by atoms with Gasteiger partial charge in [-0.2, -0.15) is 0 Å². The second-order valence-corrected chi connectivity index (χ2v) is 5.09. The molecule has 3 rings (SSSR count). The van der Waals surface area contributed by atoms with Crippen LogP contribution in [0.15, 0.2) is 29.2 Å². The summed E-state index contributed by atoms with van der Waals surface area (Å²) in [5, 5.41) is 0. The number of para-hydroxylation sites is 1. The predicted octanol–water partition coefficient (Wildman–Crippen LogP) is 2.35. The van der Waals surface area contributed by atoms with Gasteiger partial charge in [0.05, 0.1) is 12.3 Å². The summed E-state index contributed by atoms with van der Waals surface area (Å²) in [4.78, 5) is 17.1. The molecule has 0 saturated carbocycles. The molecular weight excluding hydrogens is 236 g/mol. The maximum absolute atomic E-state index is 11.8. The summed E-state index contributed by atoms with van der Waals surface area (Å²) >= 11 is 1.72. The van der Waals surface area contributed by atoms with E-state index in [0.29, 0.717) is 6.61 Å². The molecule has 1 unspecified atom stereocenters. The second-order valence-electron chi connectivity index (χ2n) is 4.00. The van der Waals surface area contributed by atoms with Crippen molar-refractivity contribution in [3.05, 3.63) is 24.3 Å². The summed E-state index contributed by atoms with van der Waals surface area (Å²) in [7, 11) is 0. The van der Waals surface area contributed by atoms with Crippen molar-refractivity contribution in [3.63, 3.8) is 0 Å². The zero-order chi connectivity index (χ0) is 11.8. The van der Waals surface area contributed by atoms with Crippen LogP contribution in [-0.4, -0.2) is 36.2 Å². The molecule has 0 spiro atoms. The summed E-state index contributed by atoms with van der Waals surface area (Å²) in [6.07, 6.45) is -0.208. The molecule has 4 nitrogen and oxygen atoms in total. The van der Waals surface area contributed by atoms with Gasteiger partial charge in [0.1, 0.15) is 0 Å². The van der Waals surface area contributed by atoms with E-state index < -0.39 is 0 Å². The smallest absolute Gasteiger partial charge is 0.412 e. The Labute approximate surface area is 105 Å². The third-order valence-electron chi connectivity index (χ3n) is 3.02. The van der Waals surface area contributed by atoms with Crippen LogP contribution in [0.5, 0.6) is 0 Å². The van der Waals surface area contributed by atoms with Gasteiger partial charge in [0.15, 0.2) is 5.50 Å². The molecule has 0 radical (unpaired) electrons. The molecule has 2 aliphatic heterocycles. The van der Waals surface area contributed by atoms with Gasteiger partial charge in [0.25, 0.3) is 0 Å². The van der Waals surface area contributed by atoms with Gasteiger partial charge in [-0.05, 0) is 19.1 Å². The zero-order valence-corrected chi connectivity index (χ0v) is 10.4. The van der Waals surface area contributed by atoms with Crippen LogP contribution in [0.25, 0.3) is 0 Å². The maximum atomic E-state index is 11.8. The monoisotopic (exact) mass is 250 g/mol. The standard InChI is InChI=1S/C12H14N2O2S/c1-2-16-12(15)14-8-7-13-9-5-3-4-6-10(9)17-11(13)14/h3-6,11H,2,7-8H2,1H3. The fourth-order valence-electron chi connectivity index (χ4n) is 2.27. The lowest BCUT2D eigenvalue weighted by Gasteiger charge is -2.23. The third kappa shape index (κ3) is 1.65. The number of nitrogens with zero attached hydrogens (tertiary/aromatic N) is 2. The molecule has 1 aromatic rings. The Kier molecular flexibility index (Phi) is 2.63. The molecule has 1 atom stereocenters. The van der Waals surface area contributed by atoms with Crippen LogP contribution in [0.3, 0.4) is 0 Å². The average molecular weight is 250 g/mol. The van der Waals surface area contributed by atoms with E-state index in [2.05, 4.69) is 17.0 Å². The highest BCUT2D eigenvalue weighted by molar-refractivity contribution is 8.00. The second kappa shape index (κ2) is 4.14. The highest BCUT2D eigenvalue weighted by atomic mass is 32.2. The Morgan fingerprint density at radius 1 is 1.47 bits per heavy atom. The van der Waals surface area contributed by atoms with Crippen molar-refractivity contribution in [3.8, 4) is 0 Å². The topological polar surface area (TPSA) is 32.8 Å². The fourth-order valence-corrected chi connectivity index (χ4v) is 3.62. The molecule has 0 aliphatic carbocycles. The van der Waals surface area contributed by atoms with Crippen LogP contribution >= 0.6 is 11.8 Å². The summed E-state index contributed by atoms with van der Waals surface area (Å²) in [5.41, 5.74) is 1.31. The van der Waals surface area contributed by atoms with Crippen LogP contribution in [0.1, 0.15) is 6.92 Å². The van der Waals surface area contributed by atoms with E-state index in [0.717, 1.165) is 13.1 Å². The summed E-state index contributed by atoms with van der Waals surface area (Å²) in [6, 6.07) is 8.27. The molecule has 1 saturated heterocycles. The predicted molar refractivity (Wildman–Crippen MR) is 67.2 cm³/mol. The first kappa shape index (κ1) is 10.8. The average Bonchev–Trinajstić information content (AvgIpc) is 2.87. The van der Waals surface area contributed by atoms with Crippen LogP contribution in [-0.2, 0) is 4.74 Å². The number of ether oxygens (including phenoxy) is 1. The Balaban J connectivity index is 1.83. The van der Waals surface area contributed by atoms with Gasteiger partial charge < -0.3 is 9.64 Å². The molecule has 2 aliphatic rings. The van der Waals surface area contributed by atoms with E-state index in [-0.39, 0.29) is 11.6 Å². The molecule has 17 heavy (non-hydrogen) atoms. The van der Waals surface area contributed by atoms with Crippen molar-refractivity contribution in [2.45, 2.75) is 17.3 Å². The van der Waals surface area contributed by atoms with E-state index in [1.54, 1.807) is 16.7 Å². The molecule has 1 aromatic carbocycles. The third-order valence-corrected chi connectivity index (χ3v) is 4.34. The number of rotatable bonds is 1. The Hall–Kier alpha value is -1.36. The number of thioether (sulfide) groups is 1. The molecule has 0 N–H and O–H groups in total. The Morgan fingerprint density at radius 2 is 2.29 bits per heavy atom. The first-order valence-corrected chi connectivity index (χ1v) is 6.65. The summed E-state index contributed by atoms with van der Waals surface area (Å²) in [5.74, 6) is 0. The van der Waals surface area contributed by atoms with E-state index in [9.17, 15) is 4.79 Å². The zero-order valence-electron chi connectivity index (χ0n) is 9.63. The molecule has 1 fully saturated rings. The van der Waals surface area contributed by atoms with Crippen LogP contribution < -0.4 is 4.90 Å². The molecule has 2 heterocycles. The lowest BCUT2D eigenvalue weighted by molar-refractivity contribution is 0.113. The lowest BCUT2D eigenvalue weighted by atomic mass is 10.3. The maximum Gasteiger partial charge on any atom is 0.412 e. The lowest BCUT2D eigenvalue weighted by Crippen LogP contribution is -2.37. The molecule has 0 aromatic heterocycles. The highest BCUT2D eigenvalue weighted by Crippen LogP contribution is 2.46. The van der Waals surface area contributed by atoms with Crippen LogP contribution in [0.2, 0.25) is 0 Å². The van der Waals surface area contributed by atoms with Crippen molar-refractivity contribution in [2.24, 2.45) is 0 Å². The Morgan fingerprint density at radius 3 is 3.12 bits per heavy atom. The van der Waals surface area contributed by atoms with Gasteiger partial charge in [-0.15, -0.1) is 0 Å².